The second-order valence-corrected chi connectivity index (χ2v) is 3.39. The van der Waals surface area contributed by atoms with Crippen LogP contribution in [0.25, 0.3) is 10.8 Å². The molecule has 0 N–H and O–H groups in total. The third-order valence-electron chi connectivity index (χ3n) is 2.44. The Balaban J connectivity index is 0.000000686. The summed E-state index contributed by atoms with van der Waals surface area (Å²) in [5, 5.41) is 2.27. The molecule has 0 saturated heterocycles. The van der Waals surface area contributed by atoms with Crippen molar-refractivity contribution in [2.45, 2.75) is 20.3 Å². The highest BCUT2D eigenvalue weighted by atomic mass is 16.5. The smallest absolute Gasteiger partial charge is 0.309 e. The van der Waals surface area contributed by atoms with E-state index in [4.69, 9.17) is 0 Å². The summed E-state index contributed by atoms with van der Waals surface area (Å²) in [6.07, 6.45) is 0.331. The van der Waals surface area contributed by atoms with Crippen molar-refractivity contribution in [3.05, 3.63) is 48.0 Å². The van der Waals surface area contributed by atoms with Crippen LogP contribution in [0, 0.1) is 0 Å². The van der Waals surface area contributed by atoms with Gasteiger partial charge in [-0.15, -0.1) is 0 Å². The van der Waals surface area contributed by atoms with Gasteiger partial charge in [0.25, 0.3) is 0 Å². The molecule has 0 spiro atoms. The van der Waals surface area contributed by atoms with Crippen LogP contribution in [0.1, 0.15) is 19.4 Å². The Morgan fingerprint density at radius 3 is 2.41 bits per heavy atom. The molecule has 0 aliphatic carbocycles. The van der Waals surface area contributed by atoms with Gasteiger partial charge >= 0.3 is 5.97 Å². The minimum atomic E-state index is -0.202. The summed E-state index contributed by atoms with van der Waals surface area (Å²) in [4.78, 5) is 11.2. The summed E-state index contributed by atoms with van der Waals surface area (Å²) in [7, 11) is 1.41. The van der Waals surface area contributed by atoms with Gasteiger partial charge in [0.1, 0.15) is 0 Å². The Morgan fingerprint density at radius 2 is 1.71 bits per heavy atom. The number of hydrogen-bond acceptors (Lipinski definition) is 2. The van der Waals surface area contributed by atoms with Crippen LogP contribution in [0.2, 0.25) is 0 Å². The lowest BCUT2D eigenvalue weighted by Gasteiger charge is -2.04. The second-order valence-electron chi connectivity index (χ2n) is 3.39. The molecule has 0 radical (unpaired) electrons. The highest BCUT2D eigenvalue weighted by Crippen LogP contribution is 2.18. The molecule has 0 amide bonds. The summed E-state index contributed by atoms with van der Waals surface area (Å²) < 4.78 is 4.66. The van der Waals surface area contributed by atoms with Crippen LogP contribution in [-0.4, -0.2) is 13.1 Å². The fraction of sp³-hybridized carbons (Fsp3) is 0.267. The van der Waals surface area contributed by atoms with Gasteiger partial charge in [-0.25, -0.2) is 0 Å². The summed E-state index contributed by atoms with van der Waals surface area (Å²) in [5.74, 6) is -0.202. The van der Waals surface area contributed by atoms with Gasteiger partial charge in [-0.1, -0.05) is 56.3 Å². The number of esters is 1. The second kappa shape index (κ2) is 6.69. The van der Waals surface area contributed by atoms with Gasteiger partial charge in [-0.3, -0.25) is 4.79 Å². The molecule has 2 heteroatoms. The average Bonchev–Trinajstić information content (AvgIpc) is 2.41. The number of methoxy groups -OCH3 is 1. The zero-order chi connectivity index (χ0) is 12.7. The first-order chi connectivity index (χ1) is 8.31. The van der Waals surface area contributed by atoms with Crippen molar-refractivity contribution >= 4 is 16.7 Å². The molecule has 0 heterocycles. The maximum atomic E-state index is 11.2. The van der Waals surface area contributed by atoms with Crippen molar-refractivity contribution in [3.8, 4) is 0 Å². The first kappa shape index (κ1) is 13.2. The molecule has 0 fully saturated rings. The number of benzene rings is 2. The van der Waals surface area contributed by atoms with E-state index >= 15 is 0 Å². The molecule has 0 atom stereocenters. The first-order valence-electron chi connectivity index (χ1n) is 5.84. The van der Waals surface area contributed by atoms with Crippen molar-refractivity contribution in [2.24, 2.45) is 0 Å². The highest BCUT2D eigenvalue weighted by molar-refractivity contribution is 5.88. The largest absolute Gasteiger partial charge is 0.469 e. The monoisotopic (exact) mass is 230 g/mol. The number of rotatable bonds is 2. The van der Waals surface area contributed by atoms with E-state index in [0.29, 0.717) is 6.42 Å². The van der Waals surface area contributed by atoms with Crippen LogP contribution in [0.3, 0.4) is 0 Å². The predicted molar refractivity (Wildman–Crippen MR) is 71.0 cm³/mol. The van der Waals surface area contributed by atoms with Crippen LogP contribution in [0.4, 0.5) is 0 Å². The van der Waals surface area contributed by atoms with Gasteiger partial charge in [0.2, 0.25) is 0 Å². The Labute approximate surface area is 102 Å². The fourth-order valence-corrected chi connectivity index (χ4v) is 1.67. The van der Waals surface area contributed by atoms with Gasteiger partial charge in [-0.2, -0.15) is 0 Å². The van der Waals surface area contributed by atoms with E-state index in [2.05, 4.69) is 4.74 Å². The van der Waals surface area contributed by atoms with Crippen LogP contribution in [0.15, 0.2) is 42.5 Å². The lowest BCUT2D eigenvalue weighted by atomic mass is 10.0. The summed E-state index contributed by atoms with van der Waals surface area (Å²) >= 11 is 0. The molecule has 2 nitrogen and oxygen atoms in total. The lowest BCUT2D eigenvalue weighted by molar-refractivity contribution is -0.139. The maximum Gasteiger partial charge on any atom is 0.309 e. The third-order valence-corrected chi connectivity index (χ3v) is 2.44. The molecule has 0 saturated carbocycles. The minimum Gasteiger partial charge on any atom is -0.469 e. The molecule has 0 unspecified atom stereocenters. The van der Waals surface area contributed by atoms with Gasteiger partial charge in [0.05, 0.1) is 13.5 Å². The Kier molecular flexibility index (Phi) is 5.21. The molecule has 0 aromatic heterocycles. The number of carbonyl (C=O) groups excluding carboxylic acids is 1. The van der Waals surface area contributed by atoms with E-state index < -0.39 is 0 Å². The number of hydrogen-bond donors (Lipinski definition) is 0. The first-order valence-corrected chi connectivity index (χ1v) is 5.84. The maximum absolute atomic E-state index is 11.2. The molecule has 2 aromatic carbocycles. The van der Waals surface area contributed by atoms with Crippen molar-refractivity contribution < 1.29 is 9.53 Å². The quantitative estimate of drug-likeness (QED) is 0.737. The number of carbonyl (C=O) groups is 1. The zero-order valence-electron chi connectivity index (χ0n) is 10.6. The third kappa shape index (κ3) is 3.31. The summed E-state index contributed by atoms with van der Waals surface area (Å²) in [5.41, 5.74) is 1.01. The van der Waals surface area contributed by atoms with Crippen LogP contribution in [0.5, 0.6) is 0 Å². The van der Waals surface area contributed by atoms with Crippen molar-refractivity contribution in [2.75, 3.05) is 7.11 Å². The van der Waals surface area contributed by atoms with Gasteiger partial charge in [0, 0.05) is 0 Å². The van der Waals surface area contributed by atoms with Gasteiger partial charge in [-0.05, 0) is 16.3 Å². The Bertz CT molecular complexity index is 484. The topological polar surface area (TPSA) is 26.3 Å². The SMILES string of the molecule is CC.COC(=O)Cc1cccc2ccccc12. The van der Waals surface area contributed by atoms with E-state index in [1.165, 1.54) is 7.11 Å². The Morgan fingerprint density at radius 1 is 1.06 bits per heavy atom. The minimum absolute atomic E-state index is 0.202. The highest BCUT2D eigenvalue weighted by Gasteiger charge is 2.05. The van der Waals surface area contributed by atoms with E-state index in [1.54, 1.807) is 0 Å². The lowest BCUT2D eigenvalue weighted by Crippen LogP contribution is -2.04. The number of fused-ring (bicyclic) bond motifs is 1. The van der Waals surface area contributed by atoms with Gasteiger partial charge < -0.3 is 4.74 Å². The van der Waals surface area contributed by atoms with E-state index in [9.17, 15) is 4.79 Å². The molecule has 0 bridgehead atoms. The zero-order valence-corrected chi connectivity index (χ0v) is 10.6. The molecular weight excluding hydrogens is 212 g/mol. The molecule has 17 heavy (non-hydrogen) atoms. The molecule has 0 aliphatic rings. The number of ether oxygens (including phenoxy) is 1. The van der Waals surface area contributed by atoms with Crippen molar-refractivity contribution in [1.82, 2.24) is 0 Å². The van der Waals surface area contributed by atoms with Crippen molar-refractivity contribution in [1.29, 1.82) is 0 Å². The molecule has 0 aliphatic heterocycles. The molecular formula is C15H18O2. The summed E-state index contributed by atoms with van der Waals surface area (Å²) in [6, 6.07) is 14.0. The van der Waals surface area contributed by atoms with E-state index in [1.807, 2.05) is 56.3 Å². The average molecular weight is 230 g/mol. The van der Waals surface area contributed by atoms with E-state index in [0.717, 1.165) is 16.3 Å². The fourth-order valence-electron chi connectivity index (χ4n) is 1.67. The van der Waals surface area contributed by atoms with Gasteiger partial charge in [0.15, 0.2) is 0 Å². The van der Waals surface area contributed by atoms with Crippen LogP contribution < -0.4 is 0 Å². The standard InChI is InChI=1S/C13H12O2.C2H6/c1-15-13(14)9-11-7-4-6-10-5-2-3-8-12(10)11;1-2/h2-8H,9H2,1H3;1-2H3. The molecule has 2 aromatic rings. The predicted octanol–water partition coefficient (Wildman–Crippen LogP) is 3.58. The van der Waals surface area contributed by atoms with E-state index in [-0.39, 0.29) is 5.97 Å². The van der Waals surface area contributed by atoms with Crippen LogP contribution in [-0.2, 0) is 16.0 Å². The van der Waals surface area contributed by atoms with Crippen LogP contribution >= 0.6 is 0 Å². The Hall–Kier alpha value is -1.83. The normalized spacial score (nSPS) is 9.35. The summed E-state index contributed by atoms with van der Waals surface area (Å²) in [6.45, 7) is 4.00. The molecule has 2 rings (SSSR count). The molecule has 90 valence electrons. The van der Waals surface area contributed by atoms with Crippen molar-refractivity contribution in [3.63, 3.8) is 0 Å².